The lowest BCUT2D eigenvalue weighted by Gasteiger charge is -2.48. The van der Waals surface area contributed by atoms with Crippen molar-refractivity contribution in [3.8, 4) is 0 Å². The van der Waals surface area contributed by atoms with Gasteiger partial charge in [0, 0.05) is 12.6 Å². The van der Waals surface area contributed by atoms with Crippen molar-refractivity contribution in [1.82, 2.24) is 10.6 Å². The molecule has 0 bridgehead atoms. The van der Waals surface area contributed by atoms with Crippen molar-refractivity contribution in [3.63, 3.8) is 0 Å². The normalized spacial score (nSPS) is 42.4. The maximum absolute atomic E-state index is 10.9. The van der Waals surface area contributed by atoms with E-state index in [1.54, 1.807) is 0 Å². The molecule has 36 heavy (non-hydrogen) atoms. The van der Waals surface area contributed by atoms with Crippen LogP contribution in [0.5, 0.6) is 0 Å². The molecule has 0 aromatic rings. The van der Waals surface area contributed by atoms with Crippen molar-refractivity contribution in [2.24, 2.45) is 0 Å². The molecule has 0 radical (unpaired) electrons. The lowest BCUT2D eigenvalue weighted by molar-refractivity contribution is -0.368. The Hall–Kier alpha value is -0.560. The van der Waals surface area contributed by atoms with E-state index in [1.165, 1.54) is 0 Å². The van der Waals surface area contributed by atoms with Crippen molar-refractivity contribution < 1.29 is 60.5 Å². The molecular weight excluding hydrogens is 484 g/mol. The molecule has 214 valence electrons. The molecule has 14 nitrogen and oxygen atoms in total. The van der Waals surface area contributed by atoms with Crippen LogP contribution in [0, 0.1) is 0 Å². The standard InChI is InChI=1S/C22H44N2O12/c1-2-3-4-5-6-7-8-12(24-22(34)20(32)18(30)16(28)14(11-26)36-22)9-23-21(33)19(31)17(29)15(27)13(10-25)35-21/h12-20,23-34H,2-11H2,1H3/t12?,13-,14-,15-,16-,17+,18+,19-,20-,21?,22?/m1/s1. The summed E-state index contributed by atoms with van der Waals surface area (Å²) in [6.45, 7) is 0.343. The molecule has 12 N–H and O–H groups in total. The number of unbranched alkanes of at least 4 members (excludes halogenated alkanes) is 5. The van der Waals surface area contributed by atoms with Gasteiger partial charge in [-0.05, 0) is 6.42 Å². The molecule has 0 amide bonds. The quantitative estimate of drug-likeness (QED) is 0.0751. The monoisotopic (exact) mass is 528 g/mol. The van der Waals surface area contributed by atoms with Crippen molar-refractivity contribution in [2.45, 2.75) is 119 Å². The van der Waals surface area contributed by atoms with E-state index in [2.05, 4.69) is 17.6 Å². The summed E-state index contributed by atoms with van der Waals surface area (Å²) < 4.78 is 10.5. The van der Waals surface area contributed by atoms with E-state index < -0.39 is 79.9 Å². The first-order chi connectivity index (χ1) is 16.9. The second-order valence-corrected chi connectivity index (χ2v) is 9.70. The van der Waals surface area contributed by atoms with Crippen LogP contribution in [0.25, 0.3) is 0 Å². The topological polar surface area (TPSA) is 245 Å². The zero-order valence-electron chi connectivity index (χ0n) is 20.6. The van der Waals surface area contributed by atoms with Gasteiger partial charge in [-0.15, -0.1) is 0 Å². The van der Waals surface area contributed by atoms with E-state index in [0.717, 1.165) is 32.1 Å². The van der Waals surface area contributed by atoms with Gasteiger partial charge in [-0.3, -0.25) is 10.6 Å². The third-order valence-corrected chi connectivity index (χ3v) is 6.85. The predicted molar refractivity (Wildman–Crippen MR) is 123 cm³/mol. The second kappa shape index (κ2) is 14.0. The summed E-state index contributed by atoms with van der Waals surface area (Å²) in [4.78, 5) is 0. The van der Waals surface area contributed by atoms with Gasteiger partial charge in [0.15, 0.2) is 12.2 Å². The Morgan fingerprint density at radius 2 is 1.17 bits per heavy atom. The van der Waals surface area contributed by atoms with Gasteiger partial charge >= 0.3 is 0 Å². The number of ether oxygens (including phenoxy) is 2. The molecule has 2 aliphatic heterocycles. The molecule has 0 aromatic carbocycles. The first-order valence-electron chi connectivity index (χ1n) is 12.6. The largest absolute Gasteiger partial charge is 0.394 e. The molecule has 0 aromatic heterocycles. The minimum absolute atomic E-state index is 0.246. The molecule has 0 spiro atoms. The van der Waals surface area contributed by atoms with Crippen molar-refractivity contribution >= 4 is 0 Å². The van der Waals surface area contributed by atoms with Gasteiger partial charge in [0.05, 0.1) is 13.2 Å². The maximum atomic E-state index is 10.9. The number of nitrogens with one attached hydrogen (secondary N) is 2. The summed E-state index contributed by atoms with van der Waals surface area (Å²) >= 11 is 0. The molecule has 3 unspecified atom stereocenters. The molecular formula is C22H44N2O12. The van der Waals surface area contributed by atoms with Crippen molar-refractivity contribution in [1.29, 1.82) is 0 Å². The lowest BCUT2D eigenvalue weighted by Crippen LogP contribution is -2.74. The Morgan fingerprint density at radius 1 is 0.694 bits per heavy atom. The fourth-order valence-corrected chi connectivity index (χ4v) is 4.53. The fraction of sp³-hybridized carbons (Fsp3) is 1.00. The van der Waals surface area contributed by atoms with E-state index in [0.29, 0.717) is 12.8 Å². The summed E-state index contributed by atoms with van der Waals surface area (Å²) in [6.07, 6.45) is -7.80. The van der Waals surface area contributed by atoms with Gasteiger partial charge in [-0.1, -0.05) is 45.4 Å². The highest BCUT2D eigenvalue weighted by Crippen LogP contribution is 2.29. The highest BCUT2D eigenvalue weighted by molar-refractivity contribution is 4.98. The summed E-state index contributed by atoms with van der Waals surface area (Å²) in [5.41, 5.74) is 0. The number of aliphatic hydroxyl groups excluding tert-OH is 8. The lowest BCUT2D eigenvalue weighted by atomic mass is 9.95. The summed E-state index contributed by atoms with van der Waals surface area (Å²) in [7, 11) is 0. The highest BCUT2D eigenvalue weighted by Gasteiger charge is 2.55. The maximum Gasteiger partial charge on any atom is 0.255 e. The third-order valence-electron chi connectivity index (χ3n) is 6.85. The summed E-state index contributed by atoms with van der Waals surface area (Å²) in [6, 6.07) is -0.797. The highest BCUT2D eigenvalue weighted by atomic mass is 16.7. The van der Waals surface area contributed by atoms with E-state index >= 15 is 0 Å². The molecule has 14 heteroatoms. The van der Waals surface area contributed by atoms with E-state index in [-0.39, 0.29) is 6.54 Å². The van der Waals surface area contributed by atoms with Crippen LogP contribution in [0.1, 0.15) is 51.9 Å². The predicted octanol–water partition coefficient (Wildman–Crippen LogP) is -4.48. The SMILES string of the molecule is CCCCCCCCC(CNC1(O)O[C@H](CO)[C@@H](O)[C@H](O)[C@H]1O)NC1(O)O[C@H](CO)[C@@H](O)[C@H](O)[C@H]1O. The molecule has 2 saturated heterocycles. The van der Waals surface area contributed by atoms with Crippen LogP contribution in [-0.4, -0.2) is 138 Å². The summed E-state index contributed by atoms with van der Waals surface area (Å²) in [5, 5.41) is 106. The van der Waals surface area contributed by atoms with Gasteiger partial charge in [0.2, 0.25) is 0 Å². The first kappa shape index (κ1) is 31.7. The fourth-order valence-electron chi connectivity index (χ4n) is 4.53. The van der Waals surface area contributed by atoms with Crippen LogP contribution >= 0.6 is 0 Å². The van der Waals surface area contributed by atoms with Gasteiger partial charge in [-0.2, -0.15) is 0 Å². The van der Waals surface area contributed by atoms with Crippen LogP contribution in [0.15, 0.2) is 0 Å². The number of hydrogen-bond acceptors (Lipinski definition) is 14. The Bertz CT molecular complexity index is 646. The van der Waals surface area contributed by atoms with E-state index in [4.69, 9.17) is 9.47 Å². The van der Waals surface area contributed by atoms with Gasteiger partial charge in [0.1, 0.15) is 36.6 Å². The average Bonchev–Trinajstić information content (AvgIpc) is 2.86. The smallest absolute Gasteiger partial charge is 0.255 e. The van der Waals surface area contributed by atoms with Gasteiger partial charge < -0.3 is 60.5 Å². The molecule has 2 aliphatic rings. The zero-order valence-corrected chi connectivity index (χ0v) is 20.6. The van der Waals surface area contributed by atoms with E-state index in [1.807, 2.05) is 0 Å². The van der Waals surface area contributed by atoms with E-state index in [9.17, 15) is 51.1 Å². The third kappa shape index (κ3) is 7.51. The molecule has 2 heterocycles. The molecule has 2 rings (SSSR count). The minimum atomic E-state index is -2.58. The molecule has 0 saturated carbocycles. The van der Waals surface area contributed by atoms with Crippen LogP contribution in [0.2, 0.25) is 0 Å². The number of rotatable bonds is 14. The summed E-state index contributed by atoms with van der Waals surface area (Å²) in [5.74, 6) is -5.16. The number of aliphatic hydroxyl groups is 10. The van der Waals surface area contributed by atoms with Crippen LogP contribution < -0.4 is 10.6 Å². The molecule has 0 aliphatic carbocycles. The minimum Gasteiger partial charge on any atom is -0.394 e. The van der Waals surface area contributed by atoms with Crippen molar-refractivity contribution in [3.05, 3.63) is 0 Å². The van der Waals surface area contributed by atoms with Crippen LogP contribution in [0.3, 0.4) is 0 Å². The second-order valence-electron chi connectivity index (χ2n) is 9.70. The zero-order chi connectivity index (χ0) is 27.1. The Morgan fingerprint density at radius 3 is 1.69 bits per heavy atom. The molecule has 2 fully saturated rings. The Kier molecular flexibility index (Phi) is 12.3. The molecule has 11 atom stereocenters. The Balaban J connectivity index is 2.13. The Labute approximate surface area is 210 Å². The van der Waals surface area contributed by atoms with Gasteiger partial charge in [-0.25, -0.2) is 0 Å². The van der Waals surface area contributed by atoms with Crippen molar-refractivity contribution in [2.75, 3.05) is 19.8 Å². The average molecular weight is 529 g/mol. The first-order valence-corrected chi connectivity index (χ1v) is 12.6. The van der Waals surface area contributed by atoms with Crippen LogP contribution in [-0.2, 0) is 9.47 Å². The van der Waals surface area contributed by atoms with Crippen LogP contribution in [0.4, 0.5) is 0 Å². The number of hydrogen-bond donors (Lipinski definition) is 12. The van der Waals surface area contributed by atoms with Gasteiger partial charge in [0.25, 0.3) is 11.8 Å².